The van der Waals surface area contributed by atoms with Gasteiger partial charge in [0.2, 0.25) is 0 Å². The Morgan fingerprint density at radius 2 is 2.19 bits per heavy atom. The van der Waals surface area contributed by atoms with Crippen LogP contribution in [-0.4, -0.2) is 27.5 Å². The van der Waals surface area contributed by atoms with Gasteiger partial charge in [0.25, 0.3) is 0 Å². The molecule has 3 aliphatic rings. The highest BCUT2D eigenvalue weighted by Crippen LogP contribution is 2.46. The van der Waals surface area contributed by atoms with Gasteiger partial charge < -0.3 is 15.6 Å². The molecule has 166 valence electrons. The molecule has 2 heterocycles. The summed E-state index contributed by atoms with van der Waals surface area (Å²) in [6.07, 6.45) is 13.4. The molecule has 6 heteroatoms. The lowest BCUT2D eigenvalue weighted by atomic mass is 9.69. The number of thiocarbonyl (C=S) groups is 1. The van der Waals surface area contributed by atoms with Crippen LogP contribution in [0.5, 0.6) is 0 Å². The number of nitrogens with zero attached hydrogens (tertiary/aromatic N) is 2. The maximum absolute atomic E-state index is 5.32. The molecule has 2 aromatic rings. The zero-order chi connectivity index (χ0) is 22.3. The lowest BCUT2D eigenvalue weighted by molar-refractivity contribution is 0.417. The molecule has 3 unspecified atom stereocenters. The fourth-order valence-corrected chi connectivity index (χ4v) is 5.66. The summed E-state index contributed by atoms with van der Waals surface area (Å²) in [5.41, 5.74) is 7.19. The third-order valence-electron chi connectivity index (χ3n) is 7.17. The minimum absolute atomic E-state index is 0.465. The molecule has 3 N–H and O–H groups in total. The number of imidazole rings is 1. The molecule has 5 nitrogen and oxygen atoms in total. The molecule has 1 aliphatic heterocycles. The molecule has 0 radical (unpaired) electrons. The molecule has 5 rings (SSSR count). The Kier molecular flexibility index (Phi) is 5.49. The van der Waals surface area contributed by atoms with Crippen LogP contribution < -0.4 is 10.6 Å². The van der Waals surface area contributed by atoms with Crippen molar-refractivity contribution in [1.82, 2.24) is 20.6 Å². The van der Waals surface area contributed by atoms with E-state index in [-0.39, 0.29) is 0 Å². The average molecular weight is 446 g/mol. The van der Waals surface area contributed by atoms with Gasteiger partial charge in [-0.25, -0.2) is 4.98 Å². The quantitative estimate of drug-likeness (QED) is 0.442. The normalized spacial score (nSPS) is 29.4. The SMILES string of the molecule is CCC1=CCC(N=C2CNC(=S)N2)(c2ccc3nc[nH]c3c2)C=C1C1CCC(C)=CC1C. The lowest BCUT2D eigenvalue weighted by Gasteiger charge is -2.37. The van der Waals surface area contributed by atoms with Crippen LogP contribution in [-0.2, 0) is 5.54 Å². The van der Waals surface area contributed by atoms with Gasteiger partial charge in [0, 0.05) is 0 Å². The van der Waals surface area contributed by atoms with Crippen molar-refractivity contribution in [3.05, 3.63) is 65.0 Å². The first-order chi connectivity index (χ1) is 15.5. The molecular weight excluding hydrogens is 414 g/mol. The zero-order valence-electron chi connectivity index (χ0n) is 19.0. The third-order valence-corrected chi connectivity index (χ3v) is 7.41. The van der Waals surface area contributed by atoms with Crippen molar-refractivity contribution >= 4 is 34.2 Å². The number of rotatable bonds is 4. The van der Waals surface area contributed by atoms with Crippen molar-refractivity contribution in [2.75, 3.05) is 6.54 Å². The van der Waals surface area contributed by atoms with E-state index in [9.17, 15) is 0 Å². The van der Waals surface area contributed by atoms with E-state index < -0.39 is 5.54 Å². The Morgan fingerprint density at radius 1 is 1.31 bits per heavy atom. The fourth-order valence-electron chi connectivity index (χ4n) is 5.47. The average Bonchev–Trinajstić information content (AvgIpc) is 3.41. The first kappa shape index (κ1) is 21.1. The van der Waals surface area contributed by atoms with Gasteiger partial charge in [-0.3, -0.25) is 4.99 Å². The predicted octanol–water partition coefficient (Wildman–Crippen LogP) is 5.29. The van der Waals surface area contributed by atoms with Crippen molar-refractivity contribution in [2.45, 2.75) is 52.0 Å². The van der Waals surface area contributed by atoms with E-state index in [0.29, 0.717) is 23.5 Å². The van der Waals surface area contributed by atoms with E-state index in [0.717, 1.165) is 29.7 Å². The van der Waals surface area contributed by atoms with Crippen LogP contribution in [0.3, 0.4) is 0 Å². The van der Waals surface area contributed by atoms with Crippen molar-refractivity contribution < 1.29 is 0 Å². The predicted molar refractivity (Wildman–Crippen MR) is 136 cm³/mol. The molecule has 1 fully saturated rings. The van der Waals surface area contributed by atoms with E-state index in [1.807, 2.05) is 0 Å². The summed E-state index contributed by atoms with van der Waals surface area (Å²) < 4.78 is 0. The second kappa shape index (κ2) is 8.32. The van der Waals surface area contributed by atoms with Crippen molar-refractivity contribution in [1.29, 1.82) is 0 Å². The van der Waals surface area contributed by atoms with Crippen molar-refractivity contribution in [3.63, 3.8) is 0 Å². The zero-order valence-corrected chi connectivity index (χ0v) is 19.9. The molecular formula is C26H31N5S. The number of nitrogens with one attached hydrogen (secondary N) is 3. The van der Waals surface area contributed by atoms with Crippen LogP contribution in [0, 0.1) is 11.8 Å². The summed E-state index contributed by atoms with van der Waals surface area (Å²) >= 11 is 5.31. The smallest absolute Gasteiger partial charge is 0.172 e. The molecule has 32 heavy (non-hydrogen) atoms. The molecule has 3 atom stereocenters. The largest absolute Gasteiger partial charge is 0.355 e. The molecule has 1 aromatic carbocycles. The number of hydrogen-bond acceptors (Lipinski definition) is 3. The second-order valence-electron chi connectivity index (χ2n) is 9.33. The van der Waals surface area contributed by atoms with Crippen molar-refractivity contribution in [2.24, 2.45) is 16.8 Å². The van der Waals surface area contributed by atoms with E-state index in [1.165, 1.54) is 35.1 Å². The molecule has 0 saturated carbocycles. The standard InChI is InChI=1S/C26H31N5S/c1-4-18-9-10-26(31-24-14-27-25(32)30-24,19-6-8-22-23(12-19)29-15-28-22)13-21(18)20-7-5-16(2)11-17(20)3/h6,8-9,11-13,15,17,20H,4-5,7,10,14H2,1-3H3,(H,28,29)(H2,27,30,31,32). The van der Waals surface area contributed by atoms with Gasteiger partial charge in [0.15, 0.2) is 5.11 Å². The first-order valence-electron chi connectivity index (χ1n) is 11.6. The maximum Gasteiger partial charge on any atom is 0.172 e. The summed E-state index contributed by atoms with van der Waals surface area (Å²) in [6.45, 7) is 7.53. The number of aromatic nitrogens is 2. The van der Waals surface area contributed by atoms with E-state index in [1.54, 1.807) is 6.33 Å². The van der Waals surface area contributed by atoms with Gasteiger partial charge in [-0.05, 0) is 91.6 Å². The number of H-pyrrole nitrogens is 1. The van der Waals surface area contributed by atoms with Gasteiger partial charge in [-0.2, -0.15) is 0 Å². The fraction of sp³-hybridized carbons (Fsp3) is 0.423. The monoisotopic (exact) mass is 445 g/mol. The highest BCUT2D eigenvalue weighted by molar-refractivity contribution is 7.80. The number of aromatic amines is 1. The van der Waals surface area contributed by atoms with Crippen LogP contribution >= 0.6 is 12.2 Å². The highest BCUT2D eigenvalue weighted by atomic mass is 32.1. The lowest BCUT2D eigenvalue weighted by Crippen LogP contribution is -2.31. The summed E-state index contributed by atoms with van der Waals surface area (Å²) in [5, 5.41) is 7.09. The van der Waals surface area contributed by atoms with Crippen molar-refractivity contribution in [3.8, 4) is 0 Å². The number of aliphatic imine (C=N–C) groups is 1. The summed E-state index contributed by atoms with van der Waals surface area (Å²) in [6, 6.07) is 6.48. The molecule has 0 spiro atoms. The minimum atomic E-state index is -0.465. The van der Waals surface area contributed by atoms with Gasteiger partial charge >= 0.3 is 0 Å². The summed E-state index contributed by atoms with van der Waals surface area (Å²) in [5.74, 6) is 1.95. The summed E-state index contributed by atoms with van der Waals surface area (Å²) in [4.78, 5) is 13.0. The van der Waals surface area contributed by atoms with Crippen LogP contribution in [0.15, 0.2) is 64.5 Å². The van der Waals surface area contributed by atoms with Gasteiger partial charge in [0.05, 0.1) is 23.9 Å². The molecule has 1 aromatic heterocycles. The summed E-state index contributed by atoms with van der Waals surface area (Å²) in [7, 11) is 0. The van der Waals surface area contributed by atoms with Crippen LogP contribution in [0.1, 0.15) is 52.0 Å². The molecule has 0 amide bonds. The molecule has 1 saturated heterocycles. The maximum atomic E-state index is 5.32. The second-order valence-corrected chi connectivity index (χ2v) is 9.74. The Bertz CT molecular complexity index is 1180. The molecule has 2 aliphatic carbocycles. The van der Waals surface area contributed by atoms with Gasteiger partial charge in [-0.1, -0.05) is 37.6 Å². The highest BCUT2D eigenvalue weighted by Gasteiger charge is 2.37. The Morgan fingerprint density at radius 3 is 2.94 bits per heavy atom. The van der Waals surface area contributed by atoms with E-state index in [2.05, 4.69) is 77.8 Å². The van der Waals surface area contributed by atoms with Crippen LogP contribution in [0.2, 0.25) is 0 Å². The van der Waals surface area contributed by atoms with Gasteiger partial charge in [0.1, 0.15) is 11.4 Å². The Labute approximate surface area is 195 Å². The number of fused-ring (bicyclic) bond motifs is 1. The van der Waals surface area contributed by atoms with E-state index in [4.69, 9.17) is 17.2 Å². The van der Waals surface area contributed by atoms with Crippen LogP contribution in [0.4, 0.5) is 0 Å². The minimum Gasteiger partial charge on any atom is -0.355 e. The Hall–Kier alpha value is -2.73. The topological polar surface area (TPSA) is 65.1 Å². The van der Waals surface area contributed by atoms with E-state index >= 15 is 0 Å². The number of allylic oxidation sites excluding steroid dienone is 4. The number of hydrogen-bond donors (Lipinski definition) is 3. The third kappa shape index (κ3) is 3.81. The molecule has 0 bridgehead atoms. The van der Waals surface area contributed by atoms with Crippen LogP contribution in [0.25, 0.3) is 11.0 Å². The number of benzene rings is 1. The van der Waals surface area contributed by atoms with Gasteiger partial charge in [-0.15, -0.1) is 0 Å². The number of amidine groups is 1. The first-order valence-corrected chi connectivity index (χ1v) is 12.0. The Balaban J connectivity index is 1.66.